The molecule has 0 aliphatic rings. The van der Waals surface area contributed by atoms with Crippen LogP contribution in [0.5, 0.6) is 5.75 Å². The average Bonchev–Trinajstić information content (AvgIpc) is 2.28. The van der Waals surface area contributed by atoms with Crippen LogP contribution in [0.15, 0.2) is 22.7 Å². The first kappa shape index (κ1) is 13.5. The van der Waals surface area contributed by atoms with Crippen LogP contribution in [0.4, 0.5) is 4.39 Å². The summed E-state index contributed by atoms with van der Waals surface area (Å²) in [7, 11) is 0. The van der Waals surface area contributed by atoms with E-state index >= 15 is 0 Å². The number of benzene rings is 1. The minimum atomic E-state index is -0.287. The van der Waals surface area contributed by atoms with Gasteiger partial charge in [-0.1, -0.05) is 6.92 Å². The normalized spacial score (nSPS) is 10.4. The minimum absolute atomic E-state index is 0.287. The first-order chi connectivity index (χ1) is 7.74. The molecule has 0 aromatic heterocycles. The van der Waals surface area contributed by atoms with Crippen LogP contribution in [0.1, 0.15) is 19.8 Å². The van der Waals surface area contributed by atoms with E-state index in [4.69, 9.17) is 4.74 Å². The Morgan fingerprint density at radius 2 is 2.19 bits per heavy atom. The van der Waals surface area contributed by atoms with E-state index in [1.165, 1.54) is 6.07 Å². The summed E-state index contributed by atoms with van der Waals surface area (Å²) < 4.78 is 19.0. The third-order valence-electron chi connectivity index (χ3n) is 2.16. The van der Waals surface area contributed by atoms with E-state index < -0.39 is 0 Å². The topological polar surface area (TPSA) is 21.3 Å². The Morgan fingerprint density at radius 3 is 2.88 bits per heavy atom. The van der Waals surface area contributed by atoms with Crippen LogP contribution in [0.2, 0.25) is 0 Å². The third-order valence-corrected chi connectivity index (χ3v) is 2.80. The van der Waals surface area contributed by atoms with E-state index in [2.05, 4.69) is 28.2 Å². The summed E-state index contributed by atoms with van der Waals surface area (Å²) in [6.07, 6.45) is 2.05. The molecule has 1 N–H and O–H groups in total. The molecular weight excluding hydrogens is 273 g/mol. The van der Waals surface area contributed by atoms with Gasteiger partial charge in [0.25, 0.3) is 0 Å². The van der Waals surface area contributed by atoms with Gasteiger partial charge >= 0.3 is 0 Å². The summed E-state index contributed by atoms with van der Waals surface area (Å²) in [4.78, 5) is 0. The van der Waals surface area contributed by atoms with Gasteiger partial charge in [0.15, 0.2) is 0 Å². The Hall–Kier alpha value is -0.610. The molecule has 0 aliphatic carbocycles. The quantitative estimate of drug-likeness (QED) is 0.777. The molecule has 90 valence electrons. The second-order valence-electron chi connectivity index (χ2n) is 3.49. The van der Waals surface area contributed by atoms with Gasteiger partial charge in [-0.3, -0.25) is 0 Å². The predicted octanol–water partition coefficient (Wildman–Crippen LogP) is 3.36. The van der Waals surface area contributed by atoms with Gasteiger partial charge in [-0.15, -0.1) is 0 Å². The van der Waals surface area contributed by atoms with E-state index in [0.717, 1.165) is 25.9 Å². The molecule has 0 unspecified atom stereocenters. The van der Waals surface area contributed by atoms with Crippen molar-refractivity contribution in [3.05, 3.63) is 28.5 Å². The molecule has 0 saturated carbocycles. The van der Waals surface area contributed by atoms with Crippen LogP contribution >= 0.6 is 15.9 Å². The van der Waals surface area contributed by atoms with Crippen molar-refractivity contribution in [2.45, 2.75) is 19.8 Å². The highest BCUT2D eigenvalue weighted by Gasteiger charge is 2.00. The van der Waals surface area contributed by atoms with Gasteiger partial charge in [0.2, 0.25) is 0 Å². The number of hydrogen-bond acceptors (Lipinski definition) is 2. The Kier molecular flexibility index (Phi) is 6.42. The van der Waals surface area contributed by atoms with E-state index in [0.29, 0.717) is 16.8 Å². The Labute approximate surface area is 104 Å². The molecule has 4 heteroatoms. The lowest BCUT2D eigenvalue weighted by molar-refractivity contribution is 0.304. The number of ether oxygens (including phenoxy) is 1. The van der Waals surface area contributed by atoms with E-state index in [-0.39, 0.29) is 5.82 Å². The maximum absolute atomic E-state index is 13.1. The summed E-state index contributed by atoms with van der Waals surface area (Å²) in [5.74, 6) is 0.300. The van der Waals surface area contributed by atoms with Crippen molar-refractivity contribution in [2.24, 2.45) is 0 Å². The second kappa shape index (κ2) is 7.63. The van der Waals surface area contributed by atoms with Gasteiger partial charge in [0.05, 0.1) is 11.1 Å². The average molecular weight is 290 g/mol. The third kappa shape index (κ3) is 4.94. The number of unbranched alkanes of at least 4 members (excludes halogenated alkanes) is 1. The standard InChI is InChI=1S/C12H17BrFNO/c1-2-15-7-3-4-8-16-10-5-6-11(13)12(14)9-10/h5-6,9,15H,2-4,7-8H2,1H3. The van der Waals surface area contributed by atoms with Crippen LogP contribution < -0.4 is 10.1 Å². The first-order valence-electron chi connectivity index (χ1n) is 5.52. The molecule has 0 bridgehead atoms. The fourth-order valence-corrected chi connectivity index (χ4v) is 1.53. The molecule has 2 nitrogen and oxygen atoms in total. The van der Waals surface area contributed by atoms with Crippen molar-refractivity contribution in [2.75, 3.05) is 19.7 Å². The number of rotatable bonds is 7. The zero-order chi connectivity index (χ0) is 11.8. The Bertz CT molecular complexity index is 320. The molecule has 0 radical (unpaired) electrons. The van der Waals surface area contributed by atoms with Crippen molar-refractivity contribution >= 4 is 15.9 Å². The van der Waals surface area contributed by atoms with Crippen LogP contribution in [0.25, 0.3) is 0 Å². The molecule has 0 amide bonds. The summed E-state index contributed by atoms with van der Waals surface area (Å²) in [5, 5.41) is 3.24. The lowest BCUT2D eigenvalue weighted by atomic mass is 10.3. The fraction of sp³-hybridized carbons (Fsp3) is 0.500. The highest BCUT2D eigenvalue weighted by atomic mass is 79.9. The Morgan fingerprint density at radius 1 is 1.38 bits per heavy atom. The summed E-state index contributed by atoms with van der Waals surface area (Å²) in [6.45, 7) is 4.72. The number of nitrogens with one attached hydrogen (secondary N) is 1. The highest BCUT2D eigenvalue weighted by molar-refractivity contribution is 9.10. The second-order valence-corrected chi connectivity index (χ2v) is 4.34. The zero-order valence-electron chi connectivity index (χ0n) is 9.43. The molecule has 16 heavy (non-hydrogen) atoms. The van der Waals surface area contributed by atoms with Gasteiger partial charge in [-0.2, -0.15) is 0 Å². The fourth-order valence-electron chi connectivity index (χ4n) is 1.29. The largest absolute Gasteiger partial charge is 0.493 e. The van der Waals surface area contributed by atoms with E-state index in [1.807, 2.05) is 0 Å². The van der Waals surface area contributed by atoms with E-state index in [9.17, 15) is 4.39 Å². The van der Waals surface area contributed by atoms with Crippen molar-refractivity contribution in [3.63, 3.8) is 0 Å². The smallest absolute Gasteiger partial charge is 0.141 e. The zero-order valence-corrected chi connectivity index (χ0v) is 11.0. The monoisotopic (exact) mass is 289 g/mol. The van der Waals surface area contributed by atoms with Crippen LogP contribution in [0, 0.1) is 5.82 Å². The molecule has 0 atom stereocenters. The molecule has 0 fully saturated rings. The molecule has 0 heterocycles. The molecule has 0 spiro atoms. The molecule has 1 aromatic rings. The highest BCUT2D eigenvalue weighted by Crippen LogP contribution is 2.20. The minimum Gasteiger partial charge on any atom is -0.493 e. The van der Waals surface area contributed by atoms with Crippen LogP contribution in [-0.4, -0.2) is 19.7 Å². The summed E-state index contributed by atoms with van der Waals surface area (Å²) >= 11 is 3.10. The molecule has 1 rings (SSSR count). The van der Waals surface area contributed by atoms with Crippen molar-refractivity contribution in [3.8, 4) is 5.75 Å². The van der Waals surface area contributed by atoms with E-state index in [1.54, 1.807) is 12.1 Å². The molecular formula is C12H17BrFNO. The predicted molar refractivity (Wildman–Crippen MR) is 67.4 cm³/mol. The van der Waals surface area contributed by atoms with Crippen LogP contribution in [-0.2, 0) is 0 Å². The van der Waals surface area contributed by atoms with Crippen LogP contribution in [0.3, 0.4) is 0 Å². The number of halogens is 2. The molecule has 1 aromatic carbocycles. The van der Waals surface area contributed by atoms with Gasteiger partial charge in [0, 0.05) is 6.07 Å². The van der Waals surface area contributed by atoms with Gasteiger partial charge < -0.3 is 10.1 Å². The molecule has 0 saturated heterocycles. The lowest BCUT2D eigenvalue weighted by Gasteiger charge is -2.06. The summed E-state index contributed by atoms with van der Waals surface area (Å²) in [5.41, 5.74) is 0. The van der Waals surface area contributed by atoms with Gasteiger partial charge in [0.1, 0.15) is 11.6 Å². The lowest BCUT2D eigenvalue weighted by Crippen LogP contribution is -2.14. The van der Waals surface area contributed by atoms with Crippen molar-refractivity contribution < 1.29 is 9.13 Å². The number of hydrogen-bond donors (Lipinski definition) is 1. The maximum atomic E-state index is 13.1. The SMILES string of the molecule is CCNCCCCOc1ccc(Br)c(F)c1. The van der Waals surface area contributed by atoms with Gasteiger partial charge in [-0.25, -0.2) is 4.39 Å². The molecule has 0 aliphatic heterocycles. The Balaban J connectivity index is 2.19. The van der Waals surface area contributed by atoms with Crippen molar-refractivity contribution in [1.82, 2.24) is 5.32 Å². The summed E-state index contributed by atoms with van der Waals surface area (Å²) in [6, 6.07) is 4.81. The first-order valence-corrected chi connectivity index (χ1v) is 6.32. The van der Waals surface area contributed by atoms with Gasteiger partial charge in [-0.05, 0) is 54.0 Å². The van der Waals surface area contributed by atoms with Crippen molar-refractivity contribution in [1.29, 1.82) is 0 Å². The maximum Gasteiger partial charge on any atom is 0.141 e.